The van der Waals surface area contributed by atoms with E-state index in [0.29, 0.717) is 0 Å². The third-order valence-electron chi connectivity index (χ3n) is 3.19. The standard InChI is InChI=1S/C12H23N5O/c1-12(2,11(13)16-18)6-4-7-14-9-10-5-8-15-17(10)3/h5,8,14,18H,4,6-7,9H2,1-3H3,(H2,13,16). The van der Waals surface area contributed by atoms with Crippen LogP contribution in [0.5, 0.6) is 0 Å². The Morgan fingerprint density at radius 2 is 2.33 bits per heavy atom. The highest BCUT2D eigenvalue weighted by Crippen LogP contribution is 2.21. The second kappa shape index (κ2) is 6.39. The normalized spacial score (nSPS) is 12.9. The highest BCUT2D eigenvalue weighted by Gasteiger charge is 2.22. The zero-order chi connectivity index (χ0) is 13.6. The van der Waals surface area contributed by atoms with Gasteiger partial charge < -0.3 is 16.3 Å². The molecule has 1 heterocycles. The van der Waals surface area contributed by atoms with Crippen molar-refractivity contribution < 1.29 is 5.21 Å². The fourth-order valence-corrected chi connectivity index (χ4v) is 1.71. The molecule has 0 aliphatic carbocycles. The number of oxime groups is 1. The fraction of sp³-hybridized carbons (Fsp3) is 0.667. The summed E-state index contributed by atoms with van der Waals surface area (Å²) in [6.07, 6.45) is 3.64. The van der Waals surface area contributed by atoms with Crippen molar-refractivity contribution in [2.75, 3.05) is 6.54 Å². The maximum Gasteiger partial charge on any atom is 0.144 e. The molecule has 0 aromatic carbocycles. The highest BCUT2D eigenvalue weighted by molar-refractivity contribution is 5.85. The van der Waals surface area contributed by atoms with Crippen LogP contribution in [-0.4, -0.2) is 27.4 Å². The van der Waals surface area contributed by atoms with E-state index in [1.54, 1.807) is 6.20 Å². The lowest BCUT2D eigenvalue weighted by molar-refractivity contribution is 0.304. The van der Waals surface area contributed by atoms with E-state index >= 15 is 0 Å². The highest BCUT2D eigenvalue weighted by atomic mass is 16.4. The number of rotatable bonds is 7. The molecule has 0 aliphatic rings. The Kier molecular flexibility index (Phi) is 5.15. The summed E-state index contributed by atoms with van der Waals surface area (Å²) in [5.41, 5.74) is 6.53. The van der Waals surface area contributed by atoms with Crippen molar-refractivity contribution >= 4 is 5.84 Å². The Labute approximate surface area is 108 Å². The lowest BCUT2D eigenvalue weighted by Gasteiger charge is -2.22. The van der Waals surface area contributed by atoms with Gasteiger partial charge in [0.2, 0.25) is 0 Å². The summed E-state index contributed by atoms with van der Waals surface area (Å²) in [7, 11) is 1.93. The largest absolute Gasteiger partial charge is 0.409 e. The second-order valence-corrected chi connectivity index (χ2v) is 5.10. The van der Waals surface area contributed by atoms with Crippen LogP contribution < -0.4 is 11.1 Å². The van der Waals surface area contributed by atoms with Crippen molar-refractivity contribution in [3.8, 4) is 0 Å². The molecule has 0 aliphatic heterocycles. The molecule has 18 heavy (non-hydrogen) atoms. The molecule has 0 saturated heterocycles. The van der Waals surface area contributed by atoms with E-state index in [2.05, 4.69) is 15.6 Å². The third kappa shape index (κ3) is 4.03. The zero-order valence-electron chi connectivity index (χ0n) is 11.3. The number of aryl methyl sites for hydroxylation is 1. The van der Waals surface area contributed by atoms with Crippen molar-refractivity contribution in [3.63, 3.8) is 0 Å². The molecule has 1 aromatic heterocycles. The number of nitrogens with zero attached hydrogens (tertiary/aromatic N) is 3. The van der Waals surface area contributed by atoms with Gasteiger partial charge in [-0.2, -0.15) is 5.10 Å². The summed E-state index contributed by atoms with van der Waals surface area (Å²) in [6.45, 7) is 5.65. The van der Waals surface area contributed by atoms with Crippen LogP contribution in [0.15, 0.2) is 17.4 Å². The van der Waals surface area contributed by atoms with E-state index < -0.39 is 0 Å². The van der Waals surface area contributed by atoms with Crippen LogP contribution in [0.2, 0.25) is 0 Å². The molecule has 1 rings (SSSR count). The van der Waals surface area contributed by atoms with Crippen molar-refractivity contribution in [1.29, 1.82) is 0 Å². The Hall–Kier alpha value is -1.56. The van der Waals surface area contributed by atoms with Crippen LogP contribution in [0.25, 0.3) is 0 Å². The maximum absolute atomic E-state index is 8.67. The van der Waals surface area contributed by atoms with E-state index in [0.717, 1.165) is 31.6 Å². The molecule has 0 spiro atoms. The Morgan fingerprint density at radius 3 is 2.89 bits per heavy atom. The monoisotopic (exact) mass is 253 g/mol. The number of hydrogen-bond donors (Lipinski definition) is 3. The lowest BCUT2D eigenvalue weighted by atomic mass is 9.86. The number of nitrogens with one attached hydrogen (secondary N) is 1. The van der Waals surface area contributed by atoms with Crippen LogP contribution in [0.1, 0.15) is 32.4 Å². The SMILES string of the molecule is Cn1nccc1CNCCCC(C)(C)C(N)=NO. The van der Waals surface area contributed by atoms with E-state index in [1.807, 2.05) is 31.6 Å². The minimum absolute atomic E-state index is 0.261. The van der Waals surface area contributed by atoms with Crippen LogP contribution >= 0.6 is 0 Å². The van der Waals surface area contributed by atoms with Crippen molar-refractivity contribution in [2.24, 2.45) is 23.4 Å². The Balaban J connectivity index is 2.22. The first-order valence-corrected chi connectivity index (χ1v) is 6.13. The third-order valence-corrected chi connectivity index (χ3v) is 3.19. The average molecular weight is 253 g/mol. The molecule has 0 unspecified atom stereocenters. The molecular weight excluding hydrogens is 230 g/mol. The van der Waals surface area contributed by atoms with E-state index in [4.69, 9.17) is 10.9 Å². The minimum Gasteiger partial charge on any atom is -0.409 e. The average Bonchev–Trinajstić information content (AvgIpc) is 2.73. The summed E-state index contributed by atoms with van der Waals surface area (Å²) in [4.78, 5) is 0. The summed E-state index contributed by atoms with van der Waals surface area (Å²) in [5.74, 6) is 0.286. The predicted molar refractivity (Wildman–Crippen MR) is 71.3 cm³/mol. The van der Waals surface area contributed by atoms with Gasteiger partial charge in [0.25, 0.3) is 0 Å². The maximum atomic E-state index is 8.67. The fourth-order valence-electron chi connectivity index (χ4n) is 1.71. The summed E-state index contributed by atoms with van der Waals surface area (Å²) >= 11 is 0. The van der Waals surface area contributed by atoms with Gasteiger partial charge in [0.05, 0.1) is 5.69 Å². The topological polar surface area (TPSA) is 88.5 Å². The van der Waals surface area contributed by atoms with Crippen molar-refractivity contribution in [3.05, 3.63) is 18.0 Å². The van der Waals surface area contributed by atoms with Crippen molar-refractivity contribution in [2.45, 2.75) is 33.2 Å². The summed E-state index contributed by atoms with van der Waals surface area (Å²) in [5, 5.41) is 19.2. The van der Waals surface area contributed by atoms with Crippen LogP contribution in [0, 0.1) is 5.41 Å². The number of amidine groups is 1. The van der Waals surface area contributed by atoms with E-state index in [-0.39, 0.29) is 11.3 Å². The van der Waals surface area contributed by atoms with Gasteiger partial charge in [-0.25, -0.2) is 0 Å². The number of aromatic nitrogens is 2. The molecule has 6 heteroatoms. The van der Waals surface area contributed by atoms with Crippen LogP contribution in [0.4, 0.5) is 0 Å². The first-order valence-electron chi connectivity index (χ1n) is 6.13. The molecule has 0 amide bonds. The minimum atomic E-state index is -0.261. The summed E-state index contributed by atoms with van der Waals surface area (Å²) < 4.78 is 1.85. The zero-order valence-corrected chi connectivity index (χ0v) is 11.3. The molecule has 6 nitrogen and oxygen atoms in total. The molecule has 1 aromatic rings. The smallest absolute Gasteiger partial charge is 0.144 e. The Bertz CT molecular complexity index is 397. The van der Waals surface area contributed by atoms with Crippen LogP contribution in [-0.2, 0) is 13.6 Å². The molecule has 0 radical (unpaired) electrons. The molecule has 0 atom stereocenters. The molecule has 0 bridgehead atoms. The molecular formula is C12H23N5O. The van der Waals surface area contributed by atoms with Gasteiger partial charge in [-0.05, 0) is 25.5 Å². The van der Waals surface area contributed by atoms with Gasteiger partial charge in [-0.15, -0.1) is 0 Å². The van der Waals surface area contributed by atoms with Gasteiger partial charge >= 0.3 is 0 Å². The number of nitrogens with two attached hydrogens (primary N) is 1. The quantitative estimate of drug-likeness (QED) is 0.223. The molecule has 102 valence electrons. The van der Waals surface area contributed by atoms with Gasteiger partial charge in [-0.3, -0.25) is 4.68 Å². The number of hydrogen-bond acceptors (Lipinski definition) is 4. The van der Waals surface area contributed by atoms with Gasteiger partial charge in [-0.1, -0.05) is 19.0 Å². The van der Waals surface area contributed by atoms with Crippen molar-refractivity contribution in [1.82, 2.24) is 15.1 Å². The van der Waals surface area contributed by atoms with Gasteiger partial charge in [0.1, 0.15) is 5.84 Å². The van der Waals surface area contributed by atoms with Crippen LogP contribution in [0.3, 0.4) is 0 Å². The first kappa shape index (κ1) is 14.5. The first-order chi connectivity index (χ1) is 8.47. The predicted octanol–water partition coefficient (Wildman–Crippen LogP) is 1.06. The molecule has 0 fully saturated rings. The molecule has 4 N–H and O–H groups in total. The van der Waals surface area contributed by atoms with Gasteiger partial charge in [0.15, 0.2) is 0 Å². The molecule has 0 saturated carbocycles. The van der Waals surface area contributed by atoms with E-state index in [1.165, 1.54) is 0 Å². The van der Waals surface area contributed by atoms with E-state index in [9.17, 15) is 0 Å². The lowest BCUT2D eigenvalue weighted by Crippen LogP contribution is -2.32. The second-order valence-electron chi connectivity index (χ2n) is 5.10. The Morgan fingerprint density at radius 1 is 1.61 bits per heavy atom. The van der Waals surface area contributed by atoms with Gasteiger partial charge in [0, 0.05) is 25.2 Å². The summed E-state index contributed by atoms with van der Waals surface area (Å²) in [6, 6.07) is 1.99.